The third-order valence-corrected chi connectivity index (χ3v) is 2.89. The second-order valence-corrected chi connectivity index (χ2v) is 4.66. The average molecular weight is 213 g/mol. The number of nitrogens with two attached hydrogens (primary N) is 1. The summed E-state index contributed by atoms with van der Waals surface area (Å²) in [5, 5.41) is 2.89. The molecule has 0 aromatic rings. The van der Waals surface area contributed by atoms with Gasteiger partial charge in [-0.25, -0.2) is 0 Å². The van der Waals surface area contributed by atoms with Crippen molar-refractivity contribution in [1.29, 1.82) is 0 Å². The van der Waals surface area contributed by atoms with Crippen molar-refractivity contribution in [2.45, 2.75) is 32.7 Å². The lowest BCUT2D eigenvalue weighted by Crippen LogP contribution is -2.42. The minimum absolute atomic E-state index is 0.0769. The predicted octanol–water partition coefficient (Wildman–Crippen LogP) is 0.182. The van der Waals surface area contributed by atoms with Crippen molar-refractivity contribution in [1.82, 2.24) is 10.2 Å². The van der Waals surface area contributed by atoms with Crippen LogP contribution in [0, 0.1) is 5.92 Å². The molecule has 4 nitrogen and oxygen atoms in total. The average Bonchev–Trinajstić information content (AvgIpc) is 2.16. The lowest BCUT2D eigenvalue weighted by atomic mass is 9.96. The van der Waals surface area contributed by atoms with Crippen LogP contribution in [0.15, 0.2) is 0 Å². The van der Waals surface area contributed by atoms with E-state index in [1.165, 1.54) is 12.8 Å². The first-order chi connectivity index (χ1) is 7.08. The molecule has 15 heavy (non-hydrogen) atoms. The Morgan fingerprint density at radius 3 is 2.60 bits per heavy atom. The number of piperidine rings is 1. The molecule has 1 amide bonds. The zero-order valence-electron chi connectivity index (χ0n) is 9.83. The standard InChI is InChI=1S/C11H23N3O/c1-9(12)8-14-5-3-11(4-6-14)7-13-10(2)15/h9,11H,3-8,12H2,1-2H3,(H,13,15). The molecule has 1 rings (SSSR count). The first-order valence-electron chi connectivity index (χ1n) is 5.80. The van der Waals surface area contributed by atoms with E-state index in [0.29, 0.717) is 5.92 Å². The van der Waals surface area contributed by atoms with E-state index >= 15 is 0 Å². The molecule has 1 heterocycles. The maximum atomic E-state index is 10.8. The van der Waals surface area contributed by atoms with Crippen LogP contribution in [0.5, 0.6) is 0 Å². The van der Waals surface area contributed by atoms with E-state index < -0.39 is 0 Å². The quantitative estimate of drug-likeness (QED) is 0.700. The first-order valence-corrected chi connectivity index (χ1v) is 5.80. The van der Waals surface area contributed by atoms with E-state index in [4.69, 9.17) is 5.73 Å². The summed E-state index contributed by atoms with van der Waals surface area (Å²) in [6.07, 6.45) is 2.35. The molecule has 0 radical (unpaired) electrons. The summed E-state index contributed by atoms with van der Waals surface area (Å²) in [6.45, 7) is 7.68. The molecule has 1 saturated heterocycles. The largest absolute Gasteiger partial charge is 0.356 e. The van der Waals surface area contributed by atoms with Gasteiger partial charge in [0.1, 0.15) is 0 Å². The van der Waals surface area contributed by atoms with E-state index in [1.807, 2.05) is 6.92 Å². The Hall–Kier alpha value is -0.610. The van der Waals surface area contributed by atoms with Gasteiger partial charge in [0.15, 0.2) is 0 Å². The molecule has 0 aromatic heterocycles. The van der Waals surface area contributed by atoms with Crippen molar-refractivity contribution in [3.8, 4) is 0 Å². The fourth-order valence-corrected chi connectivity index (χ4v) is 2.07. The van der Waals surface area contributed by atoms with Crippen molar-refractivity contribution in [2.24, 2.45) is 11.7 Å². The van der Waals surface area contributed by atoms with Crippen molar-refractivity contribution >= 4 is 5.91 Å². The highest BCUT2D eigenvalue weighted by molar-refractivity contribution is 5.72. The zero-order valence-corrected chi connectivity index (χ0v) is 9.83. The van der Waals surface area contributed by atoms with Gasteiger partial charge in [-0.2, -0.15) is 0 Å². The second kappa shape index (κ2) is 6.08. The van der Waals surface area contributed by atoms with Gasteiger partial charge in [-0.1, -0.05) is 0 Å². The van der Waals surface area contributed by atoms with Gasteiger partial charge in [0, 0.05) is 26.1 Å². The molecule has 88 valence electrons. The summed E-state index contributed by atoms with van der Waals surface area (Å²) < 4.78 is 0. The van der Waals surface area contributed by atoms with Crippen LogP contribution in [0.4, 0.5) is 0 Å². The fraction of sp³-hybridized carbons (Fsp3) is 0.909. The Labute approximate surface area is 92.2 Å². The first kappa shape index (κ1) is 12.5. The SMILES string of the molecule is CC(=O)NCC1CCN(CC(C)N)CC1. The Kier molecular flexibility index (Phi) is 5.05. The van der Waals surface area contributed by atoms with Gasteiger partial charge in [0.25, 0.3) is 0 Å². The highest BCUT2D eigenvalue weighted by atomic mass is 16.1. The number of likely N-dealkylation sites (tertiary alicyclic amines) is 1. The zero-order chi connectivity index (χ0) is 11.3. The molecule has 1 fully saturated rings. The molecule has 0 bridgehead atoms. The molecular formula is C11H23N3O. The van der Waals surface area contributed by atoms with Crippen LogP contribution in [-0.2, 0) is 4.79 Å². The highest BCUT2D eigenvalue weighted by Crippen LogP contribution is 2.16. The monoisotopic (exact) mass is 213 g/mol. The van der Waals surface area contributed by atoms with Gasteiger partial charge in [0.05, 0.1) is 0 Å². The molecular weight excluding hydrogens is 190 g/mol. The fourth-order valence-electron chi connectivity index (χ4n) is 2.07. The van der Waals surface area contributed by atoms with Crippen LogP contribution in [0.1, 0.15) is 26.7 Å². The van der Waals surface area contributed by atoms with Crippen LogP contribution >= 0.6 is 0 Å². The van der Waals surface area contributed by atoms with Gasteiger partial charge in [-0.05, 0) is 38.8 Å². The third kappa shape index (κ3) is 5.14. The van der Waals surface area contributed by atoms with Crippen LogP contribution in [0.2, 0.25) is 0 Å². The van der Waals surface area contributed by atoms with Crippen LogP contribution in [0.3, 0.4) is 0 Å². The predicted molar refractivity (Wildman–Crippen MR) is 61.5 cm³/mol. The Balaban J connectivity index is 2.15. The van der Waals surface area contributed by atoms with Gasteiger partial charge in [0.2, 0.25) is 5.91 Å². The van der Waals surface area contributed by atoms with E-state index in [9.17, 15) is 4.79 Å². The van der Waals surface area contributed by atoms with Gasteiger partial charge in [-0.15, -0.1) is 0 Å². The number of hydrogen-bond acceptors (Lipinski definition) is 3. The van der Waals surface area contributed by atoms with E-state index in [-0.39, 0.29) is 11.9 Å². The lowest BCUT2D eigenvalue weighted by molar-refractivity contribution is -0.119. The van der Waals surface area contributed by atoms with Crippen molar-refractivity contribution < 1.29 is 4.79 Å². The number of carbonyl (C=O) groups is 1. The van der Waals surface area contributed by atoms with Crippen molar-refractivity contribution in [3.05, 3.63) is 0 Å². The Morgan fingerprint density at radius 2 is 2.13 bits per heavy atom. The molecule has 1 atom stereocenters. The number of carbonyl (C=O) groups excluding carboxylic acids is 1. The van der Waals surface area contributed by atoms with Crippen LogP contribution < -0.4 is 11.1 Å². The van der Waals surface area contributed by atoms with E-state index in [2.05, 4.69) is 10.2 Å². The number of rotatable bonds is 4. The summed E-state index contributed by atoms with van der Waals surface area (Å²) in [4.78, 5) is 13.2. The number of amides is 1. The number of nitrogens with zero attached hydrogens (tertiary/aromatic N) is 1. The molecule has 1 aliphatic heterocycles. The molecule has 0 saturated carbocycles. The Morgan fingerprint density at radius 1 is 1.53 bits per heavy atom. The molecule has 1 unspecified atom stereocenters. The maximum absolute atomic E-state index is 10.8. The molecule has 4 heteroatoms. The highest BCUT2D eigenvalue weighted by Gasteiger charge is 2.19. The van der Waals surface area contributed by atoms with Crippen LogP contribution in [0.25, 0.3) is 0 Å². The molecule has 0 spiro atoms. The lowest BCUT2D eigenvalue weighted by Gasteiger charge is -2.32. The molecule has 1 aliphatic rings. The van der Waals surface area contributed by atoms with E-state index in [0.717, 1.165) is 26.2 Å². The summed E-state index contributed by atoms with van der Waals surface area (Å²) in [5.41, 5.74) is 5.76. The van der Waals surface area contributed by atoms with Gasteiger partial charge in [-0.3, -0.25) is 4.79 Å². The van der Waals surface area contributed by atoms with Crippen LogP contribution in [-0.4, -0.2) is 43.0 Å². The smallest absolute Gasteiger partial charge is 0.216 e. The molecule has 3 N–H and O–H groups in total. The minimum Gasteiger partial charge on any atom is -0.356 e. The number of hydrogen-bond donors (Lipinski definition) is 2. The number of nitrogens with one attached hydrogen (secondary N) is 1. The van der Waals surface area contributed by atoms with E-state index in [1.54, 1.807) is 6.92 Å². The topological polar surface area (TPSA) is 58.4 Å². The normalized spacial score (nSPS) is 21.3. The maximum Gasteiger partial charge on any atom is 0.216 e. The summed E-state index contributed by atoms with van der Waals surface area (Å²) in [5.74, 6) is 0.728. The third-order valence-electron chi connectivity index (χ3n) is 2.89. The molecule has 0 aromatic carbocycles. The second-order valence-electron chi connectivity index (χ2n) is 4.66. The Bertz CT molecular complexity index is 198. The summed E-state index contributed by atoms with van der Waals surface area (Å²) in [6, 6.07) is 0.261. The molecule has 0 aliphatic carbocycles. The van der Waals surface area contributed by atoms with Gasteiger partial charge < -0.3 is 16.0 Å². The summed E-state index contributed by atoms with van der Waals surface area (Å²) in [7, 11) is 0. The van der Waals surface area contributed by atoms with Gasteiger partial charge >= 0.3 is 0 Å². The van der Waals surface area contributed by atoms with Crippen molar-refractivity contribution in [3.63, 3.8) is 0 Å². The van der Waals surface area contributed by atoms with Crippen molar-refractivity contribution in [2.75, 3.05) is 26.2 Å². The summed E-state index contributed by atoms with van der Waals surface area (Å²) >= 11 is 0. The minimum atomic E-state index is 0.0769.